The molecule has 2 N–H and O–H groups in total. The van der Waals surface area contributed by atoms with E-state index in [0.29, 0.717) is 0 Å². The monoisotopic (exact) mass is 253 g/mol. The zero-order valence-corrected chi connectivity index (χ0v) is 8.47. The van der Waals surface area contributed by atoms with Crippen LogP contribution < -0.4 is 10.5 Å². The first kappa shape index (κ1) is 12.7. The number of carbonyl (C=O) groups excluding carboxylic acids is 1. The van der Waals surface area contributed by atoms with Crippen LogP contribution in [0.25, 0.3) is 0 Å². The summed E-state index contributed by atoms with van der Waals surface area (Å²) >= 11 is -2.92. The summed E-state index contributed by atoms with van der Waals surface area (Å²) in [5, 5.41) is 0. The van der Waals surface area contributed by atoms with Gasteiger partial charge in [0.05, 0.1) is 11.2 Å². The number of nitrogens with two attached hydrogens (primary N) is 1. The van der Waals surface area contributed by atoms with Gasteiger partial charge in [-0.05, 0) is 12.1 Å². The van der Waals surface area contributed by atoms with Gasteiger partial charge in [-0.15, -0.1) is 0 Å². The molecule has 0 saturated carbocycles. The molecule has 8 heteroatoms. The Balaban J connectivity index is 3.17. The normalized spacial score (nSPS) is 12.6. The first-order valence-electron chi connectivity index (χ1n) is 3.88. The van der Waals surface area contributed by atoms with E-state index in [0.717, 1.165) is 18.2 Å². The van der Waals surface area contributed by atoms with Gasteiger partial charge in [-0.1, -0.05) is 6.07 Å². The molecule has 0 bridgehead atoms. The summed E-state index contributed by atoms with van der Waals surface area (Å²) in [6.45, 7) is 0. The van der Waals surface area contributed by atoms with Gasteiger partial charge in [0.15, 0.2) is 11.6 Å². The molecule has 16 heavy (non-hydrogen) atoms. The number of benzene rings is 1. The number of hydrogen-bond acceptors (Lipinski definition) is 3. The van der Waals surface area contributed by atoms with E-state index in [-0.39, 0.29) is 0 Å². The molecular formula is C8H6F3NO3S. The molecule has 1 aromatic rings. The number of alkyl halides is 2. The van der Waals surface area contributed by atoms with Crippen molar-refractivity contribution in [3.63, 3.8) is 0 Å². The molecule has 1 unspecified atom stereocenters. The minimum absolute atomic E-state index is 0.578. The van der Waals surface area contributed by atoms with Gasteiger partial charge in [0.2, 0.25) is 4.90 Å². The molecule has 0 aromatic heterocycles. The molecule has 0 aliphatic heterocycles. The Labute approximate surface area is 91.4 Å². The van der Waals surface area contributed by atoms with Crippen molar-refractivity contribution in [2.45, 2.75) is 10.7 Å². The van der Waals surface area contributed by atoms with Gasteiger partial charge in [0, 0.05) is 0 Å². The highest BCUT2D eigenvalue weighted by Gasteiger charge is 2.31. The lowest BCUT2D eigenvalue weighted by molar-refractivity contribution is 0.208. The van der Waals surface area contributed by atoms with Crippen LogP contribution in [0.1, 0.15) is 0 Å². The van der Waals surface area contributed by atoms with Crippen molar-refractivity contribution in [2.75, 3.05) is 0 Å². The van der Waals surface area contributed by atoms with Crippen LogP contribution in [0, 0.1) is 5.82 Å². The van der Waals surface area contributed by atoms with E-state index in [4.69, 9.17) is 0 Å². The third-order valence-electron chi connectivity index (χ3n) is 1.50. The lowest BCUT2D eigenvalue weighted by Gasteiger charge is -2.12. The molecule has 1 atom stereocenters. The Morgan fingerprint density at radius 1 is 1.50 bits per heavy atom. The third kappa shape index (κ3) is 2.80. The number of hydrogen-bond donors (Lipinski definition) is 1. The van der Waals surface area contributed by atoms with Crippen molar-refractivity contribution >= 4 is 17.3 Å². The highest BCUT2D eigenvalue weighted by Crippen LogP contribution is 2.30. The topological polar surface area (TPSA) is 75.4 Å². The molecule has 0 aliphatic rings. The second-order valence-electron chi connectivity index (χ2n) is 2.55. The molecule has 1 rings (SSSR count). The van der Waals surface area contributed by atoms with E-state index in [1.54, 1.807) is 0 Å². The maximum atomic E-state index is 13.2. The summed E-state index contributed by atoms with van der Waals surface area (Å²) in [5.74, 6) is -5.02. The fraction of sp³-hybridized carbons (Fsp3) is 0.125. The predicted octanol–water partition coefficient (Wildman–Crippen LogP) is 1.61. The van der Waals surface area contributed by atoms with Crippen LogP contribution in [0.15, 0.2) is 23.1 Å². The van der Waals surface area contributed by atoms with E-state index in [2.05, 4.69) is 10.5 Å². The minimum Gasteiger partial charge on any atom is -0.607 e. The summed E-state index contributed by atoms with van der Waals surface area (Å²) < 4.78 is 52.8. The quantitative estimate of drug-likeness (QED) is 0.831. The molecule has 0 fully saturated rings. The minimum atomic E-state index is -3.29. The maximum Gasteiger partial charge on any atom is 0.410 e. The average Bonchev–Trinajstić information content (AvgIpc) is 2.16. The van der Waals surface area contributed by atoms with E-state index in [1.807, 2.05) is 0 Å². The average molecular weight is 253 g/mol. The highest BCUT2D eigenvalue weighted by molar-refractivity contribution is 7.91. The molecule has 88 valence electrons. The molecule has 0 spiro atoms. The number of rotatable bonds is 3. The van der Waals surface area contributed by atoms with Crippen LogP contribution in [0.5, 0.6) is 5.75 Å². The fourth-order valence-electron chi connectivity index (χ4n) is 0.962. The van der Waals surface area contributed by atoms with Crippen LogP contribution in [0.3, 0.4) is 0 Å². The van der Waals surface area contributed by atoms with Crippen LogP contribution in [-0.4, -0.2) is 16.4 Å². The molecular weight excluding hydrogens is 247 g/mol. The number of carbonyl (C=O) groups is 1. The second kappa shape index (κ2) is 5.08. The van der Waals surface area contributed by atoms with Gasteiger partial charge < -0.3 is 15.0 Å². The Kier molecular flexibility index (Phi) is 4.02. The van der Waals surface area contributed by atoms with E-state index in [9.17, 15) is 22.5 Å². The first-order chi connectivity index (χ1) is 7.43. The van der Waals surface area contributed by atoms with E-state index >= 15 is 0 Å². The molecule has 4 nitrogen and oxygen atoms in total. The molecule has 1 aromatic carbocycles. The van der Waals surface area contributed by atoms with Gasteiger partial charge in [0.25, 0.3) is 0 Å². The molecule has 0 radical (unpaired) electrons. The lowest BCUT2D eigenvalue weighted by atomic mass is 10.3. The number of ether oxygens (including phenoxy) is 1. The Morgan fingerprint density at radius 2 is 2.12 bits per heavy atom. The Bertz CT molecular complexity index is 402. The zero-order valence-electron chi connectivity index (χ0n) is 7.65. The van der Waals surface area contributed by atoms with E-state index in [1.165, 1.54) is 0 Å². The van der Waals surface area contributed by atoms with Crippen LogP contribution in [0.2, 0.25) is 0 Å². The summed E-state index contributed by atoms with van der Waals surface area (Å²) in [7, 11) is 0. The third-order valence-corrected chi connectivity index (χ3v) is 2.63. The zero-order chi connectivity index (χ0) is 12.3. The smallest absolute Gasteiger partial charge is 0.410 e. The summed E-state index contributed by atoms with van der Waals surface area (Å²) in [5.41, 5.74) is 4.65. The standard InChI is InChI=1S/C8H6F3NO3S/c9-4-2-1-3-5(15-8(12)13)6(4)16(14)7(10)11/h1-3,7H,(H2,12,13). The summed E-state index contributed by atoms with van der Waals surface area (Å²) in [6, 6.07) is 2.95. The van der Waals surface area contributed by atoms with E-state index < -0.39 is 39.5 Å². The predicted molar refractivity (Wildman–Crippen MR) is 49.0 cm³/mol. The Hall–Kier alpha value is -1.41. The van der Waals surface area contributed by atoms with Crippen molar-refractivity contribution < 1.29 is 27.3 Å². The molecule has 1 amide bonds. The highest BCUT2D eigenvalue weighted by atomic mass is 32.2. The van der Waals surface area contributed by atoms with Crippen molar-refractivity contribution in [2.24, 2.45) is 5.73 Å². The van der Waals surface area contributed by atoms with Crippen molar-refractivity contribution in [3.05, 3.63) is 24.0 Å². The maximum absolute atomic E-state index is 13.2. The van der Waals surface area contributed by atoms with Crippen molar-refractivity contribution in [3.8, 4) is 5.75 Å². The molecule has 0 saturated heterocycles. The van der Waals surface area contributed by atoms with Crippen molar-refractivity contribution in [1.29, 1.82) is 0 Å². The van der Waals surface area contributed by atoms with Gasteiger partial charge in [-0.2, -0.15) is 8.78 Å². The Morgan fingerprint density at radius 3 is 2.62 bits per heavy atom. The van der Waals surface area contributed by atoms with Gasteiger partial charge >= 0.3 is 11.9 Å². The number of halogens is 3. The number of primary amides is 1. The van der Waals surface area contributed by atoms with Gasteiger partial charge in [-0.3, -0.25) is 0 Å². The summed E-state index contributed by atoms with van der Waals surface area (Å²) in [4.78, 5) is 9.54. The van der Waals surface area contributed by atoms with Crippen LogP contribution >= 0.6 is 0 Å². The summed E-state index contributed by atoms with van der Waals surface area (Å²) in [6.07, 6.45) is -1.31. The fourth-order valence-corrected chi connectivity index (χ4v) is 1.71. The van der Waals surface area contributed by atoms with Crippen LogP contribution in [0.4, 0.5) is 18.0 Å². The van der Waals surface area contributed by atoms with Crippen molar-refractivity contribution in [1.82, 2.24) is 0 Å². The second-order valence-corrected chi connectivity index (χ2v) is 3.91. The largest absolute Gasteiger partial charge is 0.607 e. The van der Waals surface area contributed by atoms with Crippen LogP contribution in [-0.2, 0) is 11.2 Å². The van der Waals surface area contributed by atoms with Gasteiger partial charge in [-0.25, -0.2) is 9.18 Å². The SMILES string of the molecule is NC(=O)Oc1cccc(F)c1[S+]([O-])C(F)F. The molecule has 0 aliphatic carbocycles. The first-order valence-corrected chi connectivity index (χ1v) is 5.09. The lowest BCUT2D eigenvalue weighted by Crippen LogP contribution is -2.20. The molecule has 0 heterocycles. The number of amides is 1. The van der Waals surface area contributed by atoms with Gasteiger partial charge in [0.1, 0.15) is 0 Å².